The molecule has 206 valence electrons. The molecular formula is C25H31ClF3N7O2. The lowest BCUT2D eigenvalue weighted by Crippen LogP contribution is -2.27. The normalized spacial score (nSPS) is 12.0. The molecule has 0 aliphatic carbocycles. The maximum atomic E-state index is 13.5. The van der Waals surface area contributed by atoms with Crippen LogP contribution in [0.3, 0.4) is 0 Å². The van der Waals surface area contributed by atoms with Gasteiger partial charge in [-0.15, -0.1) is 0 Å². The number of nitrogens with two attached hydrogens (primary N) is 2. The fourth-order valence-corrected chi connectivity index (χ4v) is 3.44. The van der Waals surface area contributed by atoms with Crippen LogP contribution < -0.4 is 32.0 Å². The smallest absolute Gasteiger partial charge is 0.416 e. The van der Waals surface area contributed by atoms with E-state index in [1.165, 1.54) is 31.5 Å². The number of ether oxygens (including phenoxy) is 1. The summed E-state index contributed by atoms with van der Waals surface area (Å²) in [5.74, 6) is 5.51. The van der Waals surface area contributed by atoms with Crippen molar-refractivity contribution in [3.05, 3.63) is 76.2 Å². The zero-order valence-electron chi connectivity index (χ0n) is 21.5. The number of hydrogen-bond donors (Lipinski definition) is 4. The monoisotopic (exact) mass is 553 g/mol. The molecule has 0 bridgehead atoms. The first-order valence-corrected chi connectivity index (χ1v) is 11.6. The lowest BCUT2D eigenvalue weighted by atomic mass is 10.1. The number of rotatable bonds is 11. The second-order valence-corrected chi connectivity index (χ2v) is 8.64. The van der Waals surface area contributed by atoms with Crippen LogP contribution in [0.25, 0.3) is 0 Å². The van der Waals surface area contributed by atoms with E-state index in [0.29, 0.717) is 5.70 Å². The molecule has 0 aliphatic heterocycles. The number of nitrogens with one attached hydrogen (secondary N) is 2. The number of allylic oxidation sites excluding steroid dienone is 2. The molecule has 13 heteroatoms. The van der Waals surface area contributed by atoms with Gasteiger partial charge in [-0.2, -0.15) is 18.3 Å². The molecule has 0 spiro atoms. The minimum Gasteiger partial charge on any atom is -0.494 e. The van der Waals surface area contributed by atoms with Crippen LogP contribution in [0, 0.1) is 0 Å². The van der Waals surface area contributed by atoms with Crippen LogP contribution in [0.2, 0.25) is 5.02 Å². The largest absolute Gasteiger partial charge is 0.494 e. The van der Waals surface area contributed by atoms with E-state index in [4.69, 9.17) is 27.9 Å². The van der Waals surface area contributed by atoms with Gasteiger partial charge in [0, 0.05) is 54.9 Å². The maximum Gasteiger partial charge on any atom is 0.416 e. The zero-order chi connectivity index (χ0) is 28.6. The van der Waals surface area contributed by atoms with Gasteiger partial charge >= 0.3 is 6.18 Å². The zero-order valence-corrected chi connectivity index (χ0v) is 22.2. The van der Waals surface area contributed by atoms with Crippen molar-refractivity contribution in [2.45, 2.75) is 26.1 Å². The molecular weight excluding hydrogens is 523 g/mol. The Morgan fingerprint density at radius 2 is 1.97 bits per heavy atom. The Hall–Kier alpha value is -3.74. The van der Waals surface area contributed by atoms with Crippen molar-refractivity contribution in [2.75, 3.05) is 31.5 Å². The van der Waals surface area contributed by atoms with Gasteiger partial charge in [0.05, 0.1) is 29.1 Å². The maximum absolute atomic E-state index is 13.5. The molecule has 0 atom stereocenters. The standard InChI is InChI=1S/C25H31ClF3N7O2/c1-15(2)35(4)33-9-8-19(30)14-36(31)22-11-16(6-7-20(22)26)24(37)34-21-12-18(25(27,28)29)10-17(13-32-3)23(21)38-5/h6-7,9-12,14,32H,1,8,13,30-31H2,2-5H3,(H,34,37)/b19-14-,33-9-. The van der Waals surface area contributed by atoms with Crippen molar-refractivity contribution >= 4 is 35.1 Å². The first-order valence-electron chi connectivity index (χ1n) is 11.2. The Morgan fingerprint density at radius 1 is 1.29 bits per heavy atom. The Balaban J connectivity index is 2.34. The van der Waals surface area contributed by atoms with Crippen molar-refractivity contribution in [3.63, 3.8) is 0 Å². The van der Waals surface area contributed by atoms with Crippen LogP contribution in [-0.4, -0.2) is 38.3 Å². The molecule has 0 unspecified atom stereocenters. The van der Waals surface area contributed by atoms with E-state index < -0.39 is 17.6 Å². The van der Waals surface area contributed by atoms with Crippen LogP contribution in [0.1, 0.15) is 34.8 Å². The summed E-state index contributed by atoms with van der Waals surface area (Å²) in [4.78, 5) is 13.0. The first-order chi connectivity index (χ1) is 17.8. The number of amides is 1. The van der Waals surface area contributed by atoms with Gasteiger partial charge in [-0.05, 0) is 44.3 Å². The second-order valence-electron chi connectivity index (χ2n) is 8.24. The summed E-state index contributed by atoms with van der Waals surface area (Å²) >= 11 is 6.28. The number of halogens is 4. The van der Waals surface area contributed by atoms with E-state index in [0.717, 1.165) is 22.8 Å². The fraction of sp³-hybridized carbons (Fsp3) is 0.280. The minimum absolute atomic E-state index is 0.0884. The van der Waals surface area contributed by atoms with Crippen molar-refractivity contribution < 1.29 is 22.7 Å². The molecule has 1 amide bonds. The van der Waals surface area contributed by atoms with Gasteiger partial charge in [0.25, 0.3) is 5.91 Å². The van der Waals surface area contributed by atoms with Crippen LogP contribution in [0.4, 0.5) is 24.5 Å². The molecule has 38 heavy (non-hydrogen) atoms. The minimum atomic E-state index is -4.63. The van der Waals surface area contributed by atoms with E-state index >= 15 is 0 Å². The summed E-state index contributed by atoms with van der Waals surface area (Å²) in [6, 6.07) is 6.03. The van der Waals surface area contributed by atoms with Gasteiger partial charge in [0.15, 0.2) is 0 Å². The average molecular weight is 554 g/mol. The molecule has 0 aliphatic rings. The van der Waals surface area contributed by atoms with Crippen molar-refractivity contribution in [1.82, 2.24) is 10.3 Å². The highest BCUT2D eigenvalue weighted by Gasteiger charge is 2.33. The number of hydrogen-bond acceptors (Lipinski definition) is 8. The van der Waals surface area contributed by atoms with Gasteiger partial charge < -0.3 is 21.1 Å². The van der Waals surface area contributed by atoms with Crippen molar-refractivity contribution in [3.8, 4) is 5.75 Å². The Morgan fingerprint density at radius 3 is 2.55 bits per heavy atom. The third-order valence-electron chi connectivity index (χ3n) is 5.24. The summed E-state index contributed by atoms with van der Waals surface area (Å²) < 4.78 is 45.8. The number of alkyl halides is 3. The van der Waals surface area contributed by atoms with Gasteiger partial charge in [0.2, 0.25) is 0 Å². The third kappa shape index (κ3) is 8.13. The molecule has 2 aromatic carbocycles. The molecule has 6 N–H and O–H groups in total. The third-order valence-corrected chi connectivity index (χ3v) is 5.56. The number of hydrazone groups is 1. The molecule has 0 saturated heterocycles. The van der Waals surface area contributed by atoms with Gasteiger partial charge in [-0.1, -0.05) is 18.2 Å². The number of methoxy groups -OCH3 is 1. The quantitative estimate of drug-likeness (QED) is 0.181. The lowest BCUT2D eigenvalue weighted by molar-refractivity contribution is -0.137. The summed E-state index contributed by atoms with van der Waals surface area (Å²) in [6.45, 7) is 5.66. The highest BCUT2D eigenvalue weighted by Crippen LogP contribution is 2.38. The van der Waals surface area contributed by atoms with Gasteiger partial charge in [-0.3, -0.25) is 14.8 Å². The van der Waals surface area contributed by atoms with E-state index in [1.807, 2.05) is 0 Å². The highest BCUT2D eigenvalue weighted by atomic mass is 35.5. The number of carbonyl (C=O) groups excluding carboxylic acids is 1. The number of anilines is 2. The second kappa shape index (κ2) is 13.2. The molecule has 2 aromatic rings. The molecule has 0 radical (unpaired) electrons. The first kappa shape index (κ1) is 30.5. The molecule has 0 heterocycles. The number of carbonyl (C=O) groups is 1. The van der Waals surface area contributed by atoms with Crippen molar-refractivity contribution in [2.24, 2.45) is 16.7 Å². The number of benzene rings is 2. The van der Waals surface area contributed by atoms with Gasteiger partial charge in [-0.25, -0.2) is 5.84 Å². The lowest BCUT2D eigenvalue weighted by Gasteiger charge is -2.19. The Kier molecular flexibility index (Phi) is 10.6. The number of hydrazine groups is 1. The molecule has 0 fully saturated rings. The molecule has 9 nitrogen and oxygen atoms in total. The van der Waals surface area contributed by atoms with E-state index in [1.54, 1.807) is 32.2 Å². The molecule has 0 aromatic heterocycles. The Labute approximate surface area is 224 Å². The molecule has 2 rings (SSSR count). The van der Waals surface area contributed by atoms with Crippen molar-refractivity contribution in [1.29, 1.82) is 0 Å². The van der Waals surface area contributed by atoms with Crippen LogP contribution >= 0.6 is 11.6 Å². The predicted molar refractivity (Wildman–Crippen MR) is 145 cm³/mol. The predicted octanol–water partition coefficient (Wildman–Crippen LogP) is 4.66. The highest BCUT2D eigenvalue weighted by molar-refractivity contribution is 6.33. The van der Waals surface area contributed by atoms with Crippen LogP contribution in [0.15, 0.2) is 59.6 Å². The number of nitrogens with zero attached hydrogens (tertiary/aromatic N) is 3. The summed E-state index contributed by atoms with van der Waals surface area (Å²) in [5, 5.41) is 12.4. The summed E-state index contributed by atoms with van der Waals surface area (Å²) in [5.41, 5.74) is 6.60. The molecule has 0 saturated carbocycles. The van der Waals surface area contributed by atoms with E-state index in [9.17, 15) is 18.0 Å². The Bertz CT molecular complexity index is 1230. The van der Waals surface area contributed by atoms with Crippen LogP contribution in [0.5, 0.6) is 5.75 Å². The van der Waals surface area contributed by atoms with E-state index in [2.05, 4.69) is 22.3 Å². The van der Waals surface area contributed by atoms with Crippen LogP contribution in [-0.2, 0) is 12.7 Å². The summed E-state index contributed by atoms with van der Waals surface area (Å²) in [7, 11) is 4.63. The van der Waals surface area contributed by atoms with Gasteiger partial charge in [0.1, 0.15) is 5.75 Å². The average Bonchev–Trinajstić information content (AvgIpc) is 2.83. The van der Waals surface area contributed by atoms with E-state index in [-0.39, 0.29) is 46.2 Å². The fourth-order valence-electron chi connectivity index (χ4n) is 3.22. The summed E-state index contributed by atoms with van der Waals surface area (Å²) in [6.07, 6.45) is -1.37. The SMILES string of the molecule is C=C(C)N(C)/N=C\C/C(N)=C/N(N)c1cc(C(=O)Nc2cc(C(F)(F)F)cc(CNC)c2OC)ccc1Cl. The topological polar surface area (TPSA) is 121 Å².